The summed E-state index contributed by atoms with van der Waals surface area (Å²) in [4.78, 5) is 11.0. The number of ketones is 1. The van der Waals surface area contributed by atoms with Gasteiger partial charge in [-0.15, -0.1) is 0 Å². The van der Waals surface area contributed by atoms with Crippen molar-refractivity contribution in [1.29, 1.82) is 0 Å². The van der Waals surface area contributed by atoms with Gasteiger partial charge in [0, 0.05) is 17.5 Å². The molecule has 1 aliphatic heterocycles. The maximum absolute atomic E-state index is 11.0. The van der Waals surface area contributed by atoms with E-state index in [-0.39, 0.29) is 0 Å². The summed E-state index contributed by atoms with van der Waals surface area (Å²) < 4.78 is 0. The molecule has 1 N–H and O–H groups in total. The number of hydrogen-bond acceptors (Lipinski definition) is 2. The summed E-state index contributed by atoms with van der Waals surface area (Å²) in [7, 11) is 0. The van der Waals surface area contributed by atoms with Gasteiger partial charge in [-0.3, -0.25) is 4.79 Å². The highest BCUT2D eigenvalue weighted by Crippen LogP contribution is 2.13. The summed E-state index contributed by atoms with van der Waals surface area (Å²) in [6.45, 7) is 0.526. The van der Waals surface area contributed by atoms with Gasteiger partial charge in [-0.1, -0.05) is 23.7 Å². The van der Waals surface area contributed by atoms with Gasteiger partial charge < -0.3 is 5.32 Å². The normalized spacial score (nSPS) is 21.5. The second kappa shape index (κ2) is 4.11. The minimum absolute atomic E-state index is 0.309. The summed E-state index contributed by atoms with van der Waals surface area (Å²) in [5.41, 5.74) is 1.22. The monoisotopic (exact) mass is 209 g/mol. The third-order valence-corrected chi connectivity index (χ3v) is 2.71. The molecule has 74 valence electrons. The van der Waals surface area contributed by atoms with Gasteiger partial charge in [0.25, 0.3) is 0 Å². The van der Waals surface area contributed by atoms with E-state index >= 15 is 0 Å². The molecule has 0 bridgehead atoms. The number of carbonyl (C=O) groups is 1. The van der Waals surface area contributed by atoms with Gasteiger partial charge in [-0.2, -0.15) is 0 Å². The third kappa shape index (κ3) is 2.34. The summed E-state index contributed by atoms with van der Waals surface area (Å²) in [5, 5.41) is 3.94. The molecule has 1 aromatic rings. The Morgan fingerprint density at radius 3 is 2.64 bits per heavy atom. The summed E-state index contributed by atoms with van der Waals surface area (Å²) >= 11 is 5.78. The Bertz CT molecular complexity index is 334. The van der Waals surface area contributed by atoms with Gasteiger partial charge in [-0.25, -0.2) is 0 Å². The number of rotatable bonds is 2. The smallest absolute Gasteiger partial charge is 0.148 e. The minimum Gasteiger partial charge on any atom is -0.306 e. The standard InChI is InChI=1S/C11H12ClNO/c12-9-3-1-8(2-4-9)5-10-6-11(14)7-13-10/h1-4,10,13H,5-7H2/t10-/m0/s1. The lowest BCUT2D eigenvalue weighted by atomic mass is 10.0. The van der Waals surface area contributed by atoms with Gasteiger partial charge in [0.05, 0.1) is 6.54 Å². The quantitative estimate of drug-likeness (QED) is 0.805. The van der Waals surface area contributed by atoms with E-state index in [0.717, 1.165) is 11.4 Å². The van der Waals surface area contributed by atoms with Crippen LogP contribution in [0.1, 0.15) is 12.0 Å². The maximum Gasteiger partial charge on any atom is 0.148 e. The third-order valence-electron chi connectivity index (χ3n) is 2.46. The second-order valence-corrected chi connectivity index (χ2v) is 4.09. The maximum atomic E-state index is 11.0. The number of hydrogen-bond donors (Lipinski definition) is 1. The molecule has 1 heterocycles. The zero-order valence-corrected chi connectivity index (χ0v) is 8.55. The fourth-order valence-corrected chi connectivity index (χ4v) is 1.85. The van der Waals surface area contributed by atoms with Gasteiger partial charge in [-0.05, 0) is 24.1 Å². The molecule has 1 atom stereocenters. The molecule has 14 heavy (non-hydrogen) atoms. The first-order valence-electron chi connectivity index (χ1n) is 4.73. The number of carbonyl (C=O) groups excluding carboxylic acids is 1. The first-order valence-corrected chi connectivity index (χ1v) is 5.11. The Balaban J connectivity index is 1.97. The van der Waals surface area contributed by atoms with Gasteiger partial charge in [0.1, 0.15) is 5.78 Å². The summed E-state index contributed by atoms with van der Waals surface area (Å²) in [5.74, 6) is 0.309. The van der Waals surface area contributed by atoms with E-state index in [1.54, 1.807) is 0 Å². The molecule has 0 unspecified atom stereocenters. The molecule has 0 saturated carbocycles. The molecule has 0 aromatic heterocycles. The predicted molar refractivity (Wildman–Crippen MR) is 56.6 cm³/mol. The summed E-state index contributed by atoms with van der Waals surface area (Å²) in [6, 6.07) is 8.09. The van der Waals surface area contributed by atoms with Crippen LogP contribution in [0.5, 0.6) is 0 Å². The van der Waals surface area contributed by atoms with Crippen LogP contribution in [0, 0.1) is 0 Å². The highest BCUT2D eigenvalue weighted by Gasteiger charge is 2.20. The second-order valence-electron chi connectivity index (χ2n) is 3.65. The van der Waals surface area contributed by atoms with Crippen molar-refractivity contribution in [1.82, 2.24) is 5.32 Å². The average molecular weight is 210 g/mol. The molecular weight excluding hydrogens is 198 g/mol. The van der Waals surface area contributed by atoms with Crippen LogP contribution < -0.4 is 5.32 Å². The molecule has 3 heteroatoms. The van der Waals surface area contributed by atoms with Crippen molar-refractivity contribution >= 4 is 17.4 Å². The van der Waals surface area contributed by atoms with E-state index in [2.05, 4.69) is 5.32 Å². The van der Waals surface area contributed by atoms with Crippen LogP contribution in [-0.4, -0.2) is 18.4 Å². The van der Waals surface area contributed by atoms with Crippen LogP contribution in [-0.2, 0) is 11.2 Å². The molecule has 0 aliphatic carbocycles. The minimum atomic E-state index is 0.309. The zero-order valence-electron chi connectivity index (χ0n) is 7.79. The highest BCUT2D eigenvalue weighted by molar-refractivity contribution is 6.30. The lowest BCUT2D eigenvalue weighted by Crippen LogP contribution is -2.23. The SMILES string of the molecule is O=C1CN[C@@H](Cc2ccc(Cl)cc2)C1. The molecule has 1 aromatic carbocycles. The number of halogens is 1. The fourth-order valence-electron chi connectivity index (χ4n) is 1.73. The Labute approximate surface area is 88.3 Å². The molecule has 1 fully saturated rings. The molecule has 2 nitrogen and oxygen atoms in total. The lowest BCUT2D eigenvalue weighted by molar-refractivity contribution is -0.116. The van der Waals surface area contributed by atoms with E-state index in [4.69, 9.17) is 11.6 Å². The van der Waals surface area contributed by atoms with Crippen molar-refractivity contribution in [2.75, 3.05) is 6.54 Å². The van der Waals surface area contributed by atoms with Crippen LogP contribution in [0.2, 0.25) is 5.02 Å². The van der Waals surface area contributed by atoms with Crippen LogP contribution in [0.15, 0.2) is 24.3 Å². The van der Waals surface area contributed by atoms with Crippen molar-refractivity contribution in [2.45, 2.75) is 18.9 Å². The Morgan fingerprint density at radius 1 is 1.36 bits per heavy atom. The van der Waals surface area contributed by atoms with Crippen LogP contribution in [0.25, 0.3) is 0 Å². The largest absolute Gasteiger partial charge is 0.306 e. The zero-order chi connectivity index (χ0) is 9.97. The van der Waals surface area contributed by atoms with E-state index in [1.807, 2.05) is 24.3 Å². The molecule has 2 rings (SSSR count). The molecule has 1 saturated heterocycles. The Kier molecular flexibility index (Phi) is 2.85. The van der Waals surface area contributed by atoms with Crippen LogP contribution in [0.3, 0.4) is 0 Å². The van der Waals surface area contributed by atoms with Crippen molar-refractivity contribution in [3.05, 3.63) is 34.9 Å². The predicted octanol–water partition coefficient (Wildman–Crippen LogP) is 1.81. The van der Waals surface area contributed by atoms with E-state index < -0.39 is 0 Å². The average Bonchev–Trinajstić information content (AvgIpc) is 2.56. The summed E-state index contributed by atoms with van der Waals surface area (Å²) in [6.07, 6.45) is 1.56. The van der Waals surface area contributed by atoms with Crippen LogP contribution in [0.4, 0.5) is 0 Å². The highest BCUT2D eigenvalue weighted by atomic mass is 35.5. The molecule has 0 radical (unpaired) electrons. The molecular formula is C11H12ClNO. The van der Waals surface area contributed by atoms with E-state index in [9.17, 15) is 4.79 Å². The lowest BCUT2D eigenvalue weighted by Gasteiger charge is -2.08. The van der Waals surface area contributed by atoms with Crippen molar-refractivity contribution in [3.8, 4) is 0 Å². The number of Topliss-reactive ketones (excluding diaryl/α,β-unsaturated/α-hetero) is 1. The van der Waals surface area contributed by atoms with Gasteiger partial charge >= 0.3 is 0 Å². The van der Waals surface area contributed by atoms with Gasteiger partial charge in [0.15, 0.2) is 0 Å². The van der Waals surface area contributed by atoms with Crippen molar-refractivity contribution < 1.29 is 4.79 Å². The van der Waals surface area contributed by atoms with Crippen molar-refractivity contribution in [3.63, 3.8) is 0 Å². The molecule has 1 aliphatic rings. The first kappa shape index (κ1) is 9.69. The Hall–Kier alpha value is -0.860. The number of benzene rings is 1. The van der Waals surface area contributed by atoms with E-state index in [1.165, 1.54) is 5.56 Å². The number of nitrogens with one attached hydrogen (secondary N) is 1. The van der Waals surface area contributed by atoms with E-state index in [0.29, 0.717) is 24.8 Å². The first-order chi connectivity index (χ1) is 6.74. The molecule has 0 spiro atoms. The van der Waals surface area contributed by atoms with Crippen molar-refractivity contribution in [2.24, 2.45) is 0 Å². The Morgan fingerprint density at radius 2 is 2.07 bits per heavy atom. The topological polar surface area (TPSA) is 29.1 Å². The van der Waals surface area contributed by atoms with Crippen LogP contribution >= 0.6 is 11.6 Å². The molecule has 0 amide bonds. The fraction of sp³-hybridized carbons (Fsp3) is 0.364. The van der Waals surface area contributed by atoms with Gasteiger partial charge in [0.2, 0.25) is 0 Å².